The average Bonchev–Trinajstić information content (AvgIpc) is 2.72. The molecule has 0 radical (unpaired) electrons. The van der Waals surface area contributed by atoms with Crippen LogP contribution in [0.5, 0.6) is 5.75 Å². The Morgan fingerprint density at radius 2 is 1.97 bits per heavy atom. The zero-order valence-electron chi connectivity index (χ0n) is 15.8. The number of benzene rings is 2. The van der Waals surface area contributed by atoms with Crippen molar-refractivity contribution in [3.05, 3.63) is 59.9 Å². The third-order valence-corrected chi connectivity index (χ3v) is 6.21. The predicted molar refractivity (Wildman–Crippen MR) is 107 cm³/mol. The van der Waals surface area contributed by atoms with Crippen LogP contribution in [0, 0.1) is 5.82 Å². The van der Waals surface area contributed by atoms with Crippen LogP contribution in [-0.4, -0.2) is 52.0 Å². The summed E-state index contributed by atoms with van der Waals surface area (Å²) < 4.78 is 50.9. The highest BCUT2D eigenvalue weighted by Gasteiger charge is 2.29. The van der Waals surface area contributed by atoms with Gasteiger partial charge in [-0.2, -0.15) is 4.31 Å². The molecule has 154 valence electrons. The topological polar surface area (TPSA) is 84.9 Å². The Morgan fingerprint density at radius 1 is 1.21 bits per heavy atom. The second-order valence-electron chi connectivity index (χ2n) is 6.26. The Kier molecular flexibility index (Phi) is 6.63. The summed E-state index contributed by atoms with van der Waals surface area (Å²) in [6, 6.07) is 10.2. The van der Waals surface area contributed by atoms with E-state index in [2.05, 4.69) is 5.32 Å². The number of nitrogens with one attached hydrogen (secondary N) is 1. The first-order valence-electron chi connectivity index (χ1n) is 8.91. The molecule has 0 aromatic heterocycles. The van der Waals surface area contributed by atoms with E-state index in [1.807, 2.05) is 0 Å². The van der Waals surface area contributed by atoms with E-state index in [-0.39, 0.29) is 23.7 Å². The first-order valence-corrected chi connectivity index (χ1v) is 10.3. The lowest BCUT2D eigenvalue weighted by Gasteiger charge is -2.26. The van der Waals surface area contributed by atoms with Crippen molar-refractivity contribution in [2.45, 2.75) is 4.90 Å². The number of anilines is 1. The average molecular weight is 420 g/mol. The van der Waals surface area contributed by atoms with Gasteiger partial charge < -0.3 is 14.8 Å². The lowest BCUT2D eigenvalue weighted by Crippen LogP contribution is -2.40. The normalized spacial score (nSPS) is 15.4. The van der Waals surface area contributed by atoms with E-state index in [0.717, 1.165) is 0 Å². The van der Waals surface area contributed by atoms with Crippen molar-refractivity contribution < 1.29 is 27.1 Å². The summed E-state index contributed by atoms with van der Waals surface area (Å²) in [5.74, 6) is -0.707. The van der Waals surface area contributed by atoms with Crippen LogP contribution >= 0.6 is 0 Å². The van der Waals surface area contributed by atoms with Gasteiger partial charge in [-0.05, 0) is 42.0 Å². The molecule has 1 saturated heterocycles. The summed E-state index contributed by atoms with van der Waals surface area (Å²) in [6.45, 7) is 1.20. The largest absolute Gasteiger partial charge is 0.495 e. The second-order valence-corrected chi connectivity index (χ2v) is 8.17. The molecule has 0 bridgehead atoms. The molecule has 29 heavy (non-hydrogen) atoms. The molecule has 1 heterocycles. The highest BCUT2D eigenvalue weighted by atomic mass is 32.2. The van der Waals surface area contributed by atoms with Gasteiger partial charge in [-0.1, -0.05) is 12.1 Å². The monoisotopic (exact) mass is 420 g/mol. The van der Waals surface area contributed by atoms with Crippen molar-refractivity contribution in [1.29, 1.82) is 0 Å². The SMILES string of the molecule is COc1ccc(C=CC(=O)Nc2cccc(F)c2)cc1S(=O)(=O)N1CCOCC1. The predicted octanol–water partition coefficient (Wildman–Crippen LogP) is 2.51. The number of morpholine rings is 1. The zero-order valence-corrected chi connectivity index (χ0v) is 16.6. The summed E-state index contributed by atoms with van der Waals surface area (Å²) in [7, 11) is -2.37. The lowest BCUT2D eigenvalue weighted by molar-refractivity contribution is -0.111. The molecular weight excluding hydrogens is 399 g/mol. The number of ether oxygens (including phenoxy) is 2. The molecule has 1 N–H and O–H groups in total. The van der Waals surface area contributed by atoms with Crippen molar-refractivity contribution in [2.24, 2.45) is 0 Å². The molecule has 0 saturated carbocycles. The first-order chi connectivity index (χ1) is 13.9. The van der Waals surface area contributed by atoms with Crippen molar-refractivity contribution in [1.82, 2.24) is 4.31 Å². The van der Waals surface area contributed by atoms with Crippen LogP contribution in [-0.2, 0) is 19.6 Å². The molecule has 3 rings (SSSR count). The van der Waals surface area contributed by atoms with Crippen LogP contribution in [0.25, 0.3) is 6.08 Å². The van der Waals surface area contributed by atoms with Crippen LogP contribution < -0.4 is 10.1 Å². The minimum Gasteiger partial charge on any atom is -0.495 e. The number of nitrogens with zero attached hydrogens (tertiary/aromatic N) is 1. The molecule has 1 amide bonds. The summed E-state index contributed by atoms with van der Waals surface area (Å²) >= 11 is 0. The van der Waals surface area contributed by atoms with Gasteiger partial charge in [0.15, 0.2) is 0 Å². The molecule has 2 aromatic carbocycles. The highest BCUT2D eigenvalue weighted by Crippen LogP contribution is 2.28. The summed E-state index contributed by atoms with van der Waals surface area (Å²) in [5.41, 5.74) is 0.831. The van der Waals surface area contributed by atoms with Gasteiger partial charge in [-0.25, -0.2) is 12.8 Å². The maximum atomic E-state index is 13.2. The maximum absolute atomic E-state index is 13.2. The molecular formula is C20H21FN2O5S. The number of sulfonamides is 1. The van der Waals surface area contributed by atoms with Crippen LogP contribution in [0.1, 0.15) is 5.56 Å². The zero-order chi connectivity index (χ0) is 20.9. The van der Waals surface area contributed by atoms with Gasteiger partial charge in [0.1, 0.15) is 16.5 Å². The van der Waals surface area contributed by atoms with E-state index in [1.165, 1.54) is 53.9 Å². The standard InChI is InChI=1S/C20H21FN2O5S/c1-27-18-7-5-15(6-8-20(24)22-17-4-2-3-16(21)14-17)13-19(18)29(25,26)23-9-11-28-12-10-23/h2-8,13-14H,9-12H2,1H3,(H,22,24). The molecule has 0 unspecified atom stereocenters. The van der Waals surface area contributed by atoms with E-state index in [4.69, 9.17) is 9.47 Å². The van der Waals surface area contributed by atoms with Crippen LogP contribution in [0.4, 0.5) is 10.1 Å². The van der Waals surface area contributed by atoms with Crippen LogP contribution in [0.2, 0.25) is 0 Å². The second kappa shape index (κ2) is 9.17. The molecule has 0 atom stereocenters. The first kappa shape index (κ1) is 21.0. The third kappa shape index (κ3) is 5.20. The van der Waals surface area contributed by atoms with Crippen molar-refractivity contribution in [3.8, 4) is 5.75 Å². The number of methoxy groups -OCH3 is 1. The van der Waals surface area contributed by atoms with E-state index in [9.17, 15) is 17.6 Å². The van der Waals surface area contributed by atoms with Gasteiger partial charge in [0.2, 0.25) is 15.9 Å². The fourth-order valence-corrected chi connectivity index (χ4v) is 4.45. The van der Waals surface area contributed by atoms with Crippen molar-refractivity contribution in [3.63, 3.8) is 0 Å². The van der Waals surface area contributed by atoms with Gasteiger partial charge >= 0.3 is 0 Å². The number of hydrogen-bond donors (Lipinski definition) is 1. The van der Waals surface area contributed by atoms with Crippen molar-refractivity contribution >= 4 is 27.7 Å². The minimum atomic E-state index is -3.77. The van der Waals surface area contributed by atoms with Gasteiger partial charge in [0.25, 0.3) is 0 Å². The van der Waals surface area contributed by atoms with Gasteiger partial charge in [0, 0.05) is 24.9 Å². The fourth-order valence-electron chi connectivity index (χ4n) is 2.85. The number of carbonyl (C=O) groups is 1. The van der Waals surface area contributed by atoms with Gasteiger partial charge in [0.05, 0.1) is 20.3 Å². The smallest absolute Gasteiger partial charge is 0.248 e. The van der Waals surface area contributed by atoms with Crippen LogP contribution in [0.15, 0.2) is 53.4 Å². The molecule has 0 spiro atoms. The van der Waals surface area contributed by atoms with Gasteiger partial charge in [-0.15, -0.1) is 0 Å². The van der Waals surface area contributed by atoms with Crippen LogP contribution in [0.3, 0.4) is 0 Å². The number of rotatable bonds is 6. The summed E-state index contributed by atoms with van der Waals surface area (Å²) in [5, 5.41) is 2.54. The molecule has 7 nitrogen and oxygen atoms in total. The molecule has 1 aliphatic rings. The fraction of sp³-hybridized carbons (Fsp3) is 0.250. The van der Waals surface area contributed by atoms with E-state index in [0.29, 0.717) is 24.5 Å². The Hall–Kier alpha value is -2.75. The molecule has 9 heteroatoms. The number of carbonyl (C=O) groups excluding carboxylic acids is 1. The molecule has 2 aromatic rings. The minimum absolute atomic E-state index is 0.0228. The molecule has 0 aliphatic carbocycles. The Balaban J connectivity index is 1.80. The Morgan fingerprint density at radius 3 is 2.66 bits per heavy atom. The lowest BCUT2D eigenvalue weighted by atomic mass is 10.2. The Labute approximate surface area is 168 Å². The molecule has 1 aliphatic heterocycles. The van der Waals surface area contributed by atoms with Crippen molar-refractivity contribution in [2.75, 3.05) is 38.7 Å². The highest BCUT2D eigenvalue weighted by molar-refractivity contribution is 7.89. The maximum Gasteiger partial charge on any atom is 0.248 e. The van der Waals surface area contributed by atoms with E-state index in [1.54, 1.807) is 12.1 Å². The third-order valence-electron chi connectivity index (χ3n) is 4.29. The van der Waals surface area contributed by atoms with Gasteiger partial charge in [-0.3, -0.25) is 4.79 Å². The number of hydrogen-bond acceptors (Lipinski definition) is 5. The van der Waals surface area contributed by atoms with E-state index >= 15 is 0 Å². The summed E-state index contributed by atoms with van der Waals surface area (Å²) in [4.78, 5) is 12.1. The quantitative estimate of drug-likeness (QED) is 0.726. The Bertz CT molecular complexity index is 1020. The number of amides is 1. The summed E-state index contributed by atoms with van der Waals surface area (Å²) in [6.07, 6.45) is 2.73. The van der Waals surface area contributed by atoms with E-state index < -0.39 is 21.7 Å². The number of halogens is 1. The molecule has 1 fully saturated rings.